The predicted octanol–water partition coefficient (Wildman–Crippen LogP) is 3.19. The zero-order chi connectivity index (χ0) is 18.7. The second-order valence-corrected chi connectivity index (χ2v) is 8.43. The molecule has 3 aromatic rings. The number of halogens is 1. The van der Waals surface area contributed by atoms with E-state index in [2.05, 4.69) is 10.2 Å². The molecule has 3 rings (SSSR count). The fourth-order valence-electron chi connectivity index (χ4n) is 2.57. The minimum atomic E-state index is -3.57. The van der Waals surface area contributed by atoms with Crippen LogP contribution in [0, 0.1) is 5.82 Å². The van der Waals surface area contributed by atoms with Crippen LogP contribution in [0.3, 0.4) is 0 Å². The number of sulfonamides is 1. The maximum Gasteiger partial charge on any atom is 0.244 e. The monoisotopic (exact) mass is 394 g/mol. The largest absolute Gasteiger partial charge is 0.276 e. The molecule has 0 radical (unpaired) electrons. The predicted molar refractivity (Wildman–Crippen MR) is 99.1 cm³/mol. The lowest BCUT2D eigenvalue weighted by molar-refractivity contribution is 0.445. The van der Waals surface area contributed by atoms with Crippen molar-refractivity contribution in [3.05, 3.63) is 54.0 Å². The van der Waals surface area contributed by atoms with E-state index in [9.17, 15) is 12.8 Å². The number of pyridine rings is 1. The van der Waals surface area contributed by atoms with E-state index in [0.717, 1.165) is 0 Å². The molecule has 1 aromatic carbocycles. The van der Waals surface area contributed by atoms with Crippen molar-refractivity contribution in [1.29, 1.82) is 0 Å². The molecule has 0 saturated carbocycles. The van der Waals surface area contributed by atoms with Crippen LogP contribution in [0.1, 0.15) is 19.4 Å². The van der Waals surface area contributed by atoms with Crippen molar-refractivity contribution in [2.24, 2.45) is 0 Å². The van der Waals surface area contributed by atoms with Crippen LogP contribution in [0.25, 0.3) is 5.65 Å². The Morgan fingerprint density at radius 3 is 2.54 bits per heavy atom. The van der Waals surface area contributed by atoms with E-state index in [0.29, 0.717) is 35.2 Å². The molecule has 0 saturated heterocycles. The molecular weight excluding hydrogens is 375 g/mol. The molecule has 0 fully saturated rings. The van der Waals surface area contributed by atoms with Gasteiger partial charge in [-0.2, -0.15) is 4.31 Å². The van der Waals surface area contributed by atoms with Gasteiger partial charge >= 0.3 is 0 Å². The second kappa shape index (κ2) is 7.73. The van der Waals surface area contributed by atoms with Gasteiger partial charge in [0.2, 0.25) is 10.0 Å². The highest BCUT2D eigenvalue weighted by molar-refractivity contribution is 7.98. The van der Waals surface area contributed by atoms with Gasteiger partial charge in [-0.05, 0) is 23.8 Å². The van der Waals surface area contributed by atoms with E-state index in [1.54, 1.807) is 42.5 Å². The smallest absolute Gasteiger partial charge is 0.244 e. The standard InChI is InChI=1S/C17H19FN4O2S2/c1-3-21(4-2)26(23,24)14-9-10-16-19-20-17(22(16)11-14)25-12-13-7-5-6-8-15(13)18/h5-11H,3-4,12H2,1-2H3. The maximum atomic E-state index is 13.8. The van der Waals surface area contributed by atoms with Gasteiger partial charge in [-0.1, -0.05) is 43.8 Å². The highest BCUT2D eigenvalue weighted by atomic mass is 32.2. The topological polar surface area (TPSA) is 67.6 Å². The number of aromatic nitrogens is 3. The maximum absolute atomic E-state index is 13.8. The van der Waals surface area contributed by atoms with Crippen LogP contribution in [0.4, 0.5) is 4.39 Å². The summed E-state index contributed by atoms with van der Waals surface area (Å²) in [4.78, 5) is 0.182. The Bertz CT molecular complexity index is 1020. The molecule has 0 atom stereocenters. The van der Waals surface area contributed by atoms with Gasteiger partial charge in [0.25, 0.3) is 0 Å². The Hall–Kier alpha value is -1.97. The molecule has 0 amide bonds. The molecule has 138 valence electrons. The Morgan fingerprint density at radius 2 is 1.85 bits per heavy atom. The van der Waals surface area contributed by atoms with E-state index in [4.69, 9.17) is 0 Å². The third-order valence-corrected chi connectivity index (χ3v) is 7.03. The Labute approximate surface area is 156 Å². The molecule has 0 N–H and O–H groups in total. The van der Waals surface area contributed by atoms with Crippen molar-refractivity contribution in [2.45, 2.75) is 29.7 Å². The summed E-state index contributed by atoms with van der Waals surface area (Å²) in [5.41, 5.74) is 1.10. The summed E-state index contributed by atoms with van der Waals surface area (Å²) in [5.74, 6) is 0.0964. The minimum Gasteiger partial charge on any atom is -0.276 e. The number of nitrogens with zero attached hydrogens (tertiary/aromatic N) is 4. The summed E-state index contributed by atoms with van der Waals surface area (Å²) in [6.07, 6.45) is 1.52. The summed E-state index contributed by atoms with van der Waals surface area (Å²) in [5, 5.41) is 8.66. The molecule has 0 aliphatic rings. The zero-order valence-corrected chi connectivity index (χ0v) is 16.1. The normalized spacial score (nSPS) is 12.2. The Morgan fingerprint density at radius 1 is 1.12 bits per heavy atom. The summed E-state index contributed by atoms with van der Waals surface area (Å²) in [6.45, 7) is 4.39. The first-order chi connectivity index (χ1) is 12.5. The van der Waals surface area contributed by atoms with E-state index in [1.165, 1.54) is 34.4 Å². The molecular formula is C17H19FN4O2S2. The quantitative estimate of drug-likeness (QED) is 0.576. The Balaban J connectivity index is 1.92. The Kier molecular flexibility index (Phi) is 5.59. The van der Waals surface area contributed by atoms with Crippen LogP contribution in [-0.2, 0) is 15.8 Å². The van der Waals surface area contributed by atoms with Crippen LogP contribution in [0.2, 0.25) is 0 Å². The van der Waals surface area contributed by atoms with Crippen molar-refractivity contribution >= 4 is 27.4 Å². The molecule has 0 aliphatic heterocycles. The van der Waals surface area contributed by atoms with Crippen molar-refractivity contribution in [2.75, 3.05) is 13.1 Å². The number of hydrogen-bond donors (Lipinski definition) is 0. The molecule has 2 heterocycles. The van der Waals surface area contributed by atoms with Gasteiger partial charge in [-0.25, -0.2) is 12.8 Å². The molecule has 2 aromatic heterocycles. The second-order valence-electron chi connectivity index (χ2n) is 5.54. The molecule has 0 aliphatic carbocycles. The molecule has 6 nitrogen and oxygen atoms in total. The van der Waals surface area contributed by atoms with E-state index >= 15 is 0 Å². The minimum absolute atomic E-state index is 0.182. The SMILES string of the molecule is CCN(CC)S(=O)(=O)c1ccc2nnc(SCc3ccccc3F)n2c1. The number of fused-ring (bicyclic) bond motifs is 1. The first-order valence-corrected chi connectivity index (χ1v) is 10.6. The molecule has 26 heavy (non-hydrogen) atoms. The van der Waals surface area contributed by atoms with E-state index in [-0.39, 0.29) is 10.7 Å². The molecule has 0 bridgehead atoms. The summed E-state index contributed by atoms with van der Waals surface area (Å²) < 4.78 is 42.2. The van der Waals surface area contributed by atoms with Gasteiger partial charge in [-0.3, -0.25) is 4.40 Å². The molecule has 9 heteroatoms. The number of thioether (sulfide) groups is 1. The lowest BCUT2D eigenvalue weighted by atomic mass is 10.2. The van der Waals surface area contributed by atoms with Crippen LogP contribution in [-0.4, -0.2) is 40.4 Å². The summed E-state index contributed by atoms with van der Waals surface area (Å²) in [6, 6.07) is 9.68. The number of benzene rings is 1. The van der Waals surface area contributed by atoms with Crippen LogP contribution < -0.4 is 0 Å². The van der Waals surface area contributed by atoms with E-state index < -0.39 is 10.0 Å². The fraction of sp³-hybridized carbons (Fsp3) is 0.294. The van der Waals surface area contributed by atoms with E-state index in [1.807, 2.05) is 0 Å². The van der Waals surface area contributed by atoms with Gasteiger partial charge in [0.05, 0.1) is 4.90 Å². The van der Waals surface area contributed by atoms with Gasteiger partial charge < -0.3 is 0 Å². The van der Waals surface area contributed by atoms with Gasteiger partial charge in [0, 0.05) is 25.0 Å². The van der Waals surface area contributed by atoms with Crippen LogP contribution >= 0.6 is 11.8 Å². The lowest BCUT2D eigenvalue weighted by Crippen LogP contribution is -2.30. The highest BCUT2D eigenvalue weighted by Gasteiger charge is 2.22. The highest BCUT2D eigenvalue weighted by Crippen LogP contribution is 2.25. The molecule has 0 unspecified atom stereocenters. The number of hydrogen-bond acceptors (Lipinski definition) is 5. The van der Waals surface area contributed by atoms with Crippen molar-refractivity contribution < 1.29 is 12.8 Å². The zero-order valence-electron chi connectivity index (χ0n) is 14.5. The van der Waals surface area contributed by atoms with Gasteiger partial charge in [0.1, 0.15) is 5.82 Å². The first kappa shape index (κ1) is 18.8. The molecule has 0 spiro atoms. The fourth-order valence-corrected chi connectivity index (χ4v) is 4.93. The third kappa shape index (κ3) is 3.60. The van der Waals surface area contributed by atoms with Crippen LogP contribution in [0.5, 0.6) is 0 Å². The van der Waals surface area contributed by atoms with Crippen molar-refractivity contribution in [1.82, 2.24) is 18.9 Å². The van der Waals surface area contributed by atoms with Gasteiger partial charge in [-0.15, -0.1) is 10.2 Å². The van der Waals surface area contributed by atoms with Gasteiger partial charge in [0.15, 0.2) is 10.8 Å². The number of rotatable bonds is 7. The summed E-state index contributed by atoms with van der Waals surface area (Å²) >= 11 is 1.30. The summed E-state index contributed by atoms with van der Waals surface area (Å²) in [7, 11) is -3.57. The van der Waals surface area contributed by atoms with Crippen molar-refractivity contribution in [3.63, 3.8) is 0 Å². The average molecular weight is 394 g/mol. The first-order valence-electron chi connectivity index (χ1n) is 8.18. The lowest BCUT2D eigenvalue weighted by Gasteiger charge is -2.18. The average Bonchev–Trinajstić information content (AvgIpc) is 3.04. The third-order valence-electron chi connectivity index (χ3n) is 4.00. The van der Waals surface area contributed by atoms with Crippen LogP contribution in [0.15, 0.2) is 52.6 Å². The van der Waals surface area contributed by atoms with Crippen molar-refractivity contribution in [3.8, 4) is 0 Å².